The fraction of sp³-hybridized carbons (Fsp3) is 0.267. The number of hydrogen-bond donors (Lipinski definition) is 1. The van der Waals surface area contributed by atoms with Crippen molar-refractivity contribution in [1.29, 1.82) is 0 Å². The molecule has 106 valence electrons. The van der Waals surface area contributed by atoms with E-state index in [0.29, 0.717) is 6.42 Å². The van der Waals surface area contributed by atoms with Crippen LogP contribution in [0.25, 0.3) is 0 Å². The van der Waals surface area contributed by atoms with Gasteiger partial charge in [0, 0.05) is 24.6 Å². The second kappa shape index (κ2) is 9.44. The van der Waals surface area contributed by atoms with Crippen LogP contribution in [0.1, 0.15) is 17.5 Å². The zero-order valence-corrected chi connectivity index (χ0v) is 13.3. The van der Waals surface area contributed by atoms with Gasteiger partial charge in [0.2, 0.25) is 0 Å². The Morgan fingerprint density at radius 2 is 2.00 bits per heavy atom. The van der Waals surface area contributed by atoms with Gasteiger partial charge in [0.1, 0.15) is 10.9 Å². The molecule has 0 radical (unpaired) electrons. The molecule has 0 unspecified atom stereocenters. The van der Waals surface area contributed by atoms with E-state index in [0.717, 1.165) is 27.3 Å². The Morgan fingerprint density at radius 1 is 1.25 bits per heavy atom. The van der Waals surface area contributed by atoms with Gasteiger partial charge in [0.25, 0.3) is 0 Å². The Kier molecular flexibility index (Phi) is 7.84. The van der Waals surface area contributed by atoms with Crippen LogP contribution in [-0.4, -0.2) is 22.0 Å². The van der Waals surface area contributed by atoms with Crippen LogP contribution in [0.15, 0.2) is 41.7 Å². The molecule has 2 aromatic rings. The molecule has 1 N–H and O–H groups in total. The minimum absolute atomic E-state index is 0.597. The molecule has 0 aliphatic rings. The average molecular weight is 306 g/mol. The summed E-state index contributed by atoms with van der Waals surface area (Å²) in [6.45, 7) is 4.03. The summed E-state index contributed by atoms with van der Waals surface area (Å²) in [6, 6.07) is 7.87. The molecule has 2 aromatic heterocycles. The number of aromatic nitrogens is 2. The zero-order valence-electron chi connectivity index (χ0n) is 11.6. The summed E-state index contributed by atoms with van der Waals surface area (Å²) in [4.78, 5) is 17.1. The lowest BCUT2D eigenvalue weighted by Gasteiger charge is -1.97. The maximum absolute atomic E-state index is 10.0. The minimum atomic E-state index is 0.597. The van der Waals surface area contributed by atoms with Crippen LogP contribution < -0.4 is 0 Å². The summed E-state index contributed by atoms with van der Waals surface area (Å²) in [5.74, 6) is 0.819. The molecule has 20 heavy (non-hydrogen) atoms. The van der Waals surface area contributed by atoms with Crippen molar-refractivity contribution in [3.05, 3.63) is 52.4 Å². The van der Waals surface area contributed by atoms with Gasteiger partial charge in [0.15, 0.2) is 0 Å². The first-order valence-electron chi connectivity index (χ1n) is 6.26. The number of nitrogens with one attached hydrogen (secondary N) is 1. The highest BCUT2D eigenvalue weighted by Gasteiger charge is 1.93. The summed E-state index contributed by atoms with van der Waals surface area (Å²) in [5, 5.41) is 0.988. The number of aldehydes is 1. The third kappa shape index (κ3) is 7.21. The molecule has 0 saturated carbocycles. The highest BCUT2D eigenvalue weighted by Crippen LogP contribution is 2.15. The Morgan fingerprint density at radius 3 is 2.50 bits per heavy atom. The highest BCUT2D eigenvalue weighted by atomic mass is 32.2. The molecular formula is C15H18N2OS2. The summed E-state index contributed by atoms with van der Waals surface area (Å²) >= 11 is 6.43. The number of hydrogen-bond acceptors (Lipinski definition) is 4. The van der Waals surface area contributed by atoms with E-state index in [1.54, 1.807) is 11.8 Å². The number of carbonyl (C=O) groups is 1. The number of carbonyl (C=O) groups excluding carboxylic acids is 1. The van der Waals surface area contributed by atoms with Crippen LogP contribution in [0.4, 0.5) is 0 Å². The van der Waals surface area contributed by atoms with Crippen molar-refractivity contribution < 1.29 is 4.79 Å². The van der Waals surface area contributed by atoms with Crippen molar-refractivity contribution in [3.8, 4) is 0 Å². The van der Waals surface area contributed by atoms with Crippen molar-refractivity contribution in [2.24, 2.45) is 0 Å². The second-order valence-corrected chi connectivity index (χ2v) is 5.76. The fourth-order valence-electron chi connectivity index (χ4n) is 1.24. The van der Waals surface area contributed by atoms with Crippen molar-refractivity contribution in [1.82, 2.24) is 9.97 Å². The first-order valence-corrected chi connectivity index (χ1v) is 7.65. The van der Waals surface area contributed by atoms with Gasteiger partial charge in [0.05, 0.1) is 5.03 Å². The van der Waals surface area contributed by atoms with Crippen LogP contribution in [0.2, 0.25) is 0 Å². The normalized spacial score (nSPS) is 9.50. The molecule has 0 fully saturated rings. The second-order valence-electron chi connectivity index (χ2n) is 4.21. The molecule has 0 saturated heterocycles. The number of aromatic amines is 1. The predicted octanol–water partition coefficient (Wildman–Crippen LogP) is 4.12. The summed E-state index contributed by atoms with van der Waals surface area (Å²) in [6.07, 6.45) is 5.26. The first-order chi connectivity index (χ1) is 9.61. The van der Waals surface area contributed by atoms with Crippen LogP contribution in [0, 0.1) is 18.5 Å². The standard InChI is InChI=1S/C9H11NOS.C6H7NS/c1-8-3-4-9(10-7-8)12-6-2-5-11;1-5-2-3-6(8)7-4-5/h3-5,7H,2,6H2,1H3;2-4H,1H3,(H,7,8). The summed E-state index contributed by atoms with van der Waals surface area (Å²) < 4.78 is 0.788. The smallest absolute Gasteiger partial charge is 0.120 e. The van der Waals surface area contributed by atoms with Gasteiger partial charge in [-0.05, 0) is 37.1 Å². The third-order valence-corrected chi connectivity index (χ3v) is 3.54. The van der Waals surface area contributed by atoms with E-state index in [-0.39, 0.29) is 0 Å². The highest BCUT2D eigenvalue weighted by molar-refractivity contribution is 7.99. The number of thioether (sulfide) groups is 1. The molecule has 5 heteroatoms. The maximum atomic E-state index is 10.0. The van der Waals surface area contributed by atoms with Crippen molar-refractivity contribution >= 4 is 30.3 Å². The van der Waals surface area contributed by atoms with E-state index in [4.69, 9.17) is 12.2 Å². The predicted molar refractivity (Wildman–Crippen MR) is 86.7 cm³/mol. The molecular weight excluding hydrogens is 288 g/mol. The molecule has 0 aromatic carbocycles. The number of aryl methyl sites for hydroxylation is 2. The van der Waals surface area contributed by atoms with Crippen LogP contribution in [0.5, 0.6) is 0 Å². The molecule has 0 aliphatic heterocycles. The quantitative estimate of drug-likeness (QED) is 0.399. The molecule has 2 rings (SSSR count). The van der Waals surface area contributed by atoms with Crippen LogP contribution in [-0.2, 0) is 4.79 Å². The Labute approximate surface area is 128 Å². The molecule has 0 aliphatic carbocycles. The zero-order chi connectivity index (χ0) is 14.8. The summed E-state index contributed by atoms with van der Waals surface area (Å²) in [5.41, 5.74) is 2.37. The van der Waals surface area contributed by atoms with Gasteiger partial charge in [-0.2, -0.15) is 0 Å². The van der Waals surface area contributed by atoms with E-state index in [1.807, 2.05) is 50.5 Å². The van der Waals surface area contributed by atoms with E-state index >= 15 is 0 Å². The monoisotopic (exact) mass is 306 g/mol. The number of H-pyrrole nitrogens is 1. The molecule has 3 nitrogen and oxygen atoms in total. The van der Waals surface area contributed by atoms with E-state index in [2.05, 4.69) is 9.97 Å². The van der Waals surface area contributed by atoms with Gasteiger partial charge < -0.3 is 9.78 Å². The fourth-order valence-corrected chi connectivity index (χ4v) is 2.08. The maximum Gasteiger partial charge on any atom is 0.120 e. The SMILES string of the molecule is Cc1ccc(=S)[nH]c1.Cc1ccc(SCCC=O)nc1. The van der Waals surface area contributed by atoms with E-state index < -0.39 is 0 Å². The molecule has 0 spiro atoms. The lowest BCUT2D eigenvalue weighted by Crippen LogP contribution is -1.84. The topological polar surface area (TPSA) is 45.8 Å². The van der Waals surface area contributed by atoms with Crippen molar-refractivity contribution in [3.63, 3.8) is 0 Å². The lowest BCUT2D eigenvalue weighted by molar-refractivity contribution is -0.107. The van der Waals surface area contributed by atoms with Crippen LogP contribution in [0.3, 0.4) is 0 Å². The largest absolute Gasteiger partial charge is 0.353 e. The third-order valence-electron chi connectivity index (χ3n) is 2.31. The first kappa shape index (κ1) is 16.6. The van der Waals surface area contributed by atoms with Gasteiger partial charge in [-0.3, -0.25) is 0 Å². The average Bonchev–Trinajstić information content (AvgIpc) is 2.45. The number of rotatable bonds is 4. The molecule has 0 amide bonds. The van der Waals surface area contributed by atoms with Crippen LogP contribution >= 0.6 is 24.0 Å². The molecule has 0 atom stereocenters. The molecule has 2 heterocycles. The van der Waals surface area contributed by atoms with Gasteiger partial charge in [-0.25, -0.2) is 4.98 Å². The Hall–Kier alpha value is -1.46. The van der Waals surface area contributed by atoms with E-state index in [9.17, 15) is 4.79 Å². The van der Waals surface area contributed by atoms with Gasteiger partial charge in [-0.1, -0.05) is 24.4 Å². The Bertz CT molecular complexity index is 559. The number of nitrogens with zero attached hydrogens (tertiary/aromatic N) is 1. The number of pyridine rings is 2. The van der Waals surface area contributed by atoms with Gasteiger partial charge >= 0.3 is 0 Å². The van der Waals surface area contributed by atoms with Crippen molar-refractivity contribution in [2.45, 2.75) is 25.3 Å². The van der Waals surface area contributed by atoms with Gasteiger partial charge in [-0.15, -0.1) is 11.8 Å². The van der Waals surface area contributed by atoms with Crippen molar-refractivity contribution in [2.75, 3.05) is 5.75 Å². The lowest BCUT2D eigenvalue weighted by atomic mass is 10.3. The molecule has 0 bridgehead atoms. The minimum Gasteiger partial charge on any atom is -0.353 e. The Balaban J connectivity index is 0.000000217. The summed E-state index contributed by atoms with van der Waals surface area (Å²) in [7, 11) is 0. The van der Waals surface area contributed by atoms with E-state index in [1.165, 1.54) is 5.56 Å².